The lowest BCUT2D eigenvalue weighted by Gasteiger charge is -2.15. The highest BCUT2D eigenvalue weighted by molar-refractivity contribution is 6.01. The van der Waals surface area contributed by atoms with Gasteiger partial charge in [0.1, 0.15) is 0 Å². The first-order valence-corrected chi connectivity index (χ1v) is 4.45. The second kappa shape index (κ2) is 4.31. The van der Waals surface area contributed by atoms with Gasteiger partial charge in [-0.05, 0) is 13.0 Å². The first-order chi connectivity index (χ1) is 7.66. The molecule has 2 nitrogen and oxygen atoms in total. The van der Waals surface area contributed by atoms with Crippen molar-refractivity contribution in [2.45, 2.75) is 19.5 Å². The van der Waals surface area contributed by atoms with E-state index in [1.165, 1.54) is 0 Å². The predicted molar refractivity (Wildman–Crippen MR) is 50.8 cm³/mol. The number of alkyl halides is 5. The molecule has 7 heteroatoms. The minimum absolute atomic E-state index is 0.439. The van der Waals surface area contributed by atoms with Gasteiger partial charge in [-0.2, -0.15) is 13.2 Å². The van der Waals surface area contributed by atoms with Gasteiger partial charge in [0.05, 0.1) is 16.8 Å². The molecule has 0 aliphatic rings. The number of carbonyl (C=O) groups is 1. The lowest BCUT2D eigenvalue weighted by Crippen LogP contribution is -2.15. The van der Waals surface area contributed by atoms with Crippen LogP contribution in [-0.4, -0.2) is 5.78 Å². The molecule has 2 N–H and O–H groups in total. The molecule has 0 heterocycles. The molecule has 0 aliphatic heterocycles. The smallest absolute Gasteiger partial charge is 0.398 e. The molecule has 0 bridgehead atoms. The van der Waals surface area contributed by atoms with Crippen molar-refractivity contribution < 1.29 is 26.7 Å². The number of nitrogen functional groups attached to an aromatic ring is 1. The van der Waals surface area contributed by atoms with Crippen molar-refractivity contribution in [1.29, 1.82) is 0 Å². The van der Waals surface area contributed by atoms with Crippen molar-refractivity contribution in [1.82, 2.24) is 0 Å². The van der Waals surface area contributed by atoms with Crippen LogP contribution in [0.15, 0.2) is 12.1 Å². The average Bonchev–Trinajstić information content (AvgIpc) is 2.14. The van der Waals surface area contributed by atoms with Gasteiger partial charge in [0.25, 0.3) is 6.43 Å². The molecule has 1 rings (SSSR count). The number of hydrogen-bond acceptors (Lipinski definition) is 2. The normalized spacial score (nSPS) is 11.9. The Kier molecular flexibility index (Phi) is 3.40. The molecule has 94 valence electrons. The standard InChI is InChI=1S/C10H8F5NO/c1-4(17)7-6(10(13,14)15)3-2-5(8(7)16)9(11)12/h2-3,9H,16H2,1H3. The Hall–Kier alpha value is -1.66. The number of hydrogen-bond donors (Lipinski definition) is 1. The van der Waals surface area contributed by atoms with Gasteiger partial charge in [0.2, 0.25) is 0 Å². The summed E-state index contributed by atoms with van der Waals surface area (Å²) in [6.45, 7) is 0.843. The largest absolute Gasteiger partial charge is 0.417 e. The van der Waals surface area contributed by atoms with E-state index in [1.807, 2.05) is 0 Å². The molecule has 1 aromatic rings. The molecule has 0 unspecified atom stereocenters. The molecule has 0 atom stereocenters. The van der Waals surface area contributed by atoms with Crippen LogP contribution in [0, 0.1) is 0 Å². The Morgan fingerprint density at radius 2 is 1.82 bits per heavy atom. The van der Waals surface area contributed by atoms with Gasteiger partial charge in [-0.25, -0.2) is 8.78 Å². The van der Waals surface area contributed by atoms with Crippen molar-refractivity contribution in [2.24, 2.45) is 0 Å². The zero-order chi connectivity index (χ0) is 13.4. The van der Waals surface area contributed by atoms with Crippen LogP contribution >= 0.6 is 0 Å². The minimum atomic E-state index is -4.81. The topological polar surface area (TPSA) is 43.1 Å². The van der Waals surface area contributed by atoms with Crippen LogP contribution in [0.1, 0.15) is 34.8 Å². The van der Waals surface area contributed by atoms with E-state index in [4.69, 9.17) is 5.73 Å². The summed E-state index contributed by atoms with van der Waals surface area (Å²) in [5.74, 6) is -1.00. The Morgan fingerprint density at radius 1 is 1.29 bits per heavy atom. The van der Waals surface area contributed by atoms with Gasteiger partial charge in [0, 0.05) is 5.56 Å². The number of rotatable bonds is 2. The quantitative estimate of drug-likeness (QED) is 0.498. The summed E-state index contributed by atoms with van der Waals surface area (Å²) >= 11 is 0. The highest BCUT2D eigenvalue weighted by Crippen LogP contribution is 2.38. The number of carbonyl (C=O) groups excluding carboxylic acids is 1. The van der Waals surface area contributed by atoms with Crippen molar-refractivity contribution in [3.8, 4) is 0 Å². The number of halogens is 5. The molecular weight excluding hydrogens is 245 g/mol. The summed E-state index contributed by atoms with van der Waals surface area (Å²) in [5, 5.41) is 0. The SMILES string of the molecule is CC(=O)c1c(C(F)(F)F)ccc(C(F)F)c1N. The van der Waals surface area contributed by atoms with Crippen molar-refractivity contribution in [3.63, 3.8) is 0 Å². The van der Waals surface area contributed by atoms with Crippen molar-refractivity contribution >= 4 is 11.5 Å². The maximum atomic E-state index is 12.5. The first-order valence-electron chi connectivity index (χ1n) is 4.45. The number of ketones is 1. The zero-order valence-electron chi connectivity index (χ0n) is 8.61. The molecule has 0 spiro atoms. The second-order valence-corrected chi connectivity index (χ2v) is 3.35. The maximum absolute atomic E-state index is 12.5. The Bertz CT molecular complexity index is 453. The summed E-state index contributed by atoms with van der Waals surface area (Å²) < 4.78 is 62.4. The highest BCUT2D eigenvalue weighted by Gasteiger charge is 2.36. The molecule has 0 aromatic heterocycles. The third-order valence-corrected chi connectivity index (χ3v) is 2.17. The van der Waals surface area contributed by atoms with Gasteiger partial charge >= 0.3 is 6.18 Å². The van der Waals surface area contributed by atoms with E-state index in [1.54, 1.807) is 0 Å². The highest BCUT2D eigenvalue weighted by atomic mass is 19.4. The van der Waals surface area contributed by atoms with Gasteiger partial charge in [-0.1, -0.05) is 6.07 Å². The van der Waals surface area contributed by atoms with Crippen molar-refractivity contribution in [3.05, 3.63) is 28.8 Å². The third kappa shape index (κ3) is 2.54. The fourth-order valence-corrected chi connectivity index (χ4v) is 1.44. The van der Waals surface area contributed by atoms with Crippen molar-refractivity contribution in [2.75, 3.05) is 5.73 Å². The number of anilines is 1. The van der Waals surface area contributed by atoms with E-state index >= 15 is 0 Å². The van der Waals surface area contributed by atoms with Crippen LogP contribution in [0.3, 0.4) is 0 Å². The molecule has 0 aliphatic carbocycles. The average molecular weight is 253 g/mol. The van der Waals surface area contributed by atoms with Gasteiger partial charge in [0.15, 0.2) is 5.78 Å². The number of Topliss-reactive ketones (excluding diaryl/α,β-unsaturated/α-hetero) is 1. The monoisotopic (exact) mass is 253 g/mol. The molecule has 0 fully saturated rings. The molecule has 1 aromatic carbocycles. The first kappa shape index (κ1) is 13.4. The van der Waals surface area contributed by atoms with Crippen LogP contribution in [0.25, 0.3) is 0 Å². The van der Waals surface area contributed by atoms with E-state index in [2.05, 4.69) is 0 Å². The summed E-state index contributed by atoms with van der Waals surface area (Å²) in [7, 11) is 0. The lowest BCUT2D eigenvalue weighted by molar-refractivity contribution is -0.137. The predicted octanol–water partition coefficient (Wildman–Crippen LogP) is 3.43. The lowest BCUT2D eigenvalue weighted by atomic mass is 9.98. The number of nitrogens with two attached hydrogens (primary N) is 1. The van der Waals surface area contributed by atoms with E-state index in [0.717, 1.165) is 6.92 Å². The Balaban J connectivity index is 3.57. The Labute approximate surface area is 93.2 Å². The van der Waals surface area contributed by atoms with Crippen LogP contribution < -0.4 is 5.73 Å². The molecule has 17 heavy (non-hydrogen) atoms. The van der Waals surface area contributed by atoms with Crippen LogP contribution in [-0.2, 0) is 6.18 Å². The van der Waals surface area contributed by atoms with Crippen LogP contribution in [0.4, 0.5) is 27.6 Å². The fourth-order valence-electron chi connectivity index (χ4n) is 1.44. The van der Waals surface area contributed by atoms with E-state index in [9.17, 15) is 26.7 Å². The Morgan fingerprint density at radius 3 is 2.18 bits per heavy atom. The minimum Gasteiger partial charge on any atom is -0.398 e. The summed E-state index contributed by atoms with van der Waals surface area (Å²) in [6, 6.07) is 1.02. The molecular formula is C10H8F5NO. The molecule has 0 radical (unpaired) electrons. The fraction of sp³-hybridized carbons (Fsp3) is 0.300. The summed E-state index contributed by atoms with van der Waals surface area (Å²) in [4.78, 5) is 11.1. The van der Waals surface area contributed by atoms with Crippen LogP contribution in [0.2, 0.25) is 0 Å². The zero-order valence-corrected chi connectivity index (χ0v) is 8.61. The number of benzene rings is 1. The van der Waals surface area contributed by atoms with E-state index in [0.29, 0.717) is 12.1 Å². The maximum Gasteiger partial charge on any atom is 0.417 e. The van der Waals surface area contributed by atoms with Gasteiger partial charge in [-0.15, -0.1) is 0 Å². The molecule has 0 saturated carbocycles. The second-order valence-electron chi connectivity index (χ2n) is 3.35. The van der Waals surface area contributed by atoms with E-state index in [-0.39, 0.29) is 0 Å². The van der Waals surface area contributed by atoms with E-state index < -0.39 is 40.8 Å². The third-order valence-electron chi connectivity index (χ3n) is 2.17. The summed E-state index contributed by atoms with van der Waals surface area (Å²) in [6.07, 6.45) is -7.84. The van der Waals surface area contributed by atoms with Gasteiger partial charge < -0.3 is 5.73 Å². The summed E-state index contributed by atoms with van der Waals surface area (Å²) in [5.41, 5.74) is 1.38. The van der Waals surface area contributed by atoms with Crippen LogP contribution in [0.5, 0.6) is 0 Å². The molecule has 0 amide bonds. The van der Waals surface area contributed by atoms with Gasteiger partial charge in [-0.3, -0.25) is 4.79 Å². The molecule has 0 saturated heterocycles.